The maximum absolute atomic E-state index is 12.6. The third kappa shape index (κ3) is 6.41. The van der Waals surface area contributed by atoms with E-state index >= 15 is 0 Å². The maximum Gasteiger partial charge on any atom is 0.245 e. The van der Waals surface area contributed by atoms with Crippen LogP contribution in [0.15, 0.2) is 71.8 Å². The highest BCUT2D eigenvalue weighted by atomic mass is 35.5. The quantitative estimate of drug-likeness (QED) is 0.315. The van der Waals surface area contributed by atoms with E-state index in [0.717, 1.165) is 23.2 Å². The van der Waals surface area contributed by atoms with E-state index in [-0.39, 0.29) is 18.2 Å². The fourth-order valence-electron chi connectivity index (χ4n) is 3.79. The molecule has 1 saturated heterocycles. The summed E-state index contributed by atoms with van der Waals surface area (Å²) in [5, 5.41) is 5.18. The summed E-state index contributed by atoms with van der Waals surface area (Å²) >= 11 is 12.1. The van der Waals surface area contributed by atoms with Crippen molar-refractivity contribution in [3.8, 4) is 5.75 Å². The Hall–Kier alpha value is -3.35. The molecule has 1 aliphatic rings. The van der Waals surface area contributed by atoms with Gasteiger partial charge in [-0.3, -0.25) is 9.59 Å². The molecule has 0 spiro atoms. The molecule has 1 fully saturated rings. The van der Waals surface area contributed by atoms with E-state index in [1.54, 1.807) is 23.1 Å². The number of aryl methyl sites for hydroxylation is 1. The molecule has 8 heteroatoms. The van der Waals surface area contributed by atoms with Crippen LogP contribution in [0.2, 0.25) is 10.0 Å². The van der Waals surface area contributed by atoms with Crippen LogP contribution in [0.4, 0.5) is 5.69 Å². The molecule has 180 valence electrons. The number of anilines is 1. The Labute approximate surface area is 214 Å². The van der Waals surface area contributed by atoms with Crippen molar-refractivity contribution in [1.82, 2.24) is 5.43 Å². The van der Waals surface area contributed by atoms with Gasteiger partial charge in [-0.25, -0.2) is 5.43 Å². The number of benzene rings is 3. The number of rotatable bonds is 8. The summed E-state index contributed by atoms with van der Waals surface area (Å²) in [6.45, 7) is 2.71. The van der Waals surface area contributed by atoms with Crippen molar-refractivity contribution >= 4 is 46.9 Å². The topological polar surface area (TPSA) is 71.0 Å². The average Bonchev–Trinajstić information content (AvgIpc) is 3.25. The maximum atomic E-state index is 12.6. The monoisotopic (exact) mass is 509 g/mol. The van der Waals surface area contributed by atoms with E-state index < -0.39 is 5.92 Å². The molecule has 0 aliphatic carbocycles. The van der Waals surface area contributed by atoms with Crippen molar-refractivity contribution < 1.29 is 14.3 Å². The van der Waals surface area contributed by atoms with Crippen molar-refractivity contribution in [1.29, 1.82) is 0 Å². The summed E-state index contributed by atoms with van der Waals surface area (Å²) in [7, 11) is 0. The van der Waals surface area contributed by atoms with Gasteiger partial charge in [0.1, 0.15) is 12.4 Å². The SMILES string of the molecule is CCc1ccc(N2C[C@H](C(=O)N/N=C/c3cccc(OCc4ccc(Cl)cc4Cl)c3)CC2=O)cc1. The lowest BCUT2D eigenvalue weighted by Crippen LogP contribution is -2.30. The molecule has 35 heavy (non-hydrogen) atoms. The third-order valence-corrected chi connectivity index (χ3v) is 6.39. The lowest BCUT2D eigenvalue weighted by molar-refractivity contribution is -0.126. The third-order valence-electron chi connectivity index (χ3n) is 5.81. The van der Waals surface area contributed by atoms with Crippen molar-refractivity contribution in [3.05, 3.63) is 93.5 Å². The number of hydrogen-bond donors (Lipinski definition) is 1. The van der Waals surface area contributed by atoms with Crippen molar-refractivity contribution in [2.75, 3.05) is 11.4 Å². The molecule has 1 N–H and O–H groups in total. The summed E-state index contributed by atoms with van der Waals surface area (Å²) in [5.74, 6) is -0.169. The molecule has 0 radical (unpaired) electrons. The summed E-state index contributed by atoms with van der Waals surface area (Å²) in [4.78, 5) is 26.7. The molecule has 1 heterocycles. The van der Waals surface area contributed by atoms with Crippen molar-refractivity contribution in [2.45, 2.75) is 26.4 Å². The van der Waals surface area contributed by atoms with Gasteiger partial charge in [0.15, 0.2) is 0 Å². The highest BCUT2D eigenvalue weighted by Gasteiger charge is 2.35. The Morgan fingerprint density at radius 3 is 2.69 bits per heavy atom. The molecule has 1 atom stereocenters. The van der Waals surface area contributed by atoms with Crippen LogP contribution >= 0.6 is 23.2 Å². The minimum absolute atomic E-state index is 0.0657. The zero-order valence-corrected chi connectivity index (χ0v) is 20.7. The molecule has 4 rings (SSSR count). The molecule has 6 nitrogen and oxygen atoms in total. The average molecular weight is 510 g/mol. The number of hydrogen-bond acceptors (Lipinski definition) is 4. The molecule has 0 saturated carbocycles. The second-order valence-corrected chi connectivity index (χ2v) is 9.10. The van der Waals surface area contributed by atoms with E-state index in [1.807, 2.05) is 48.5 Å². The van der Waals surface area contributed by atoms with Gasteiger partial charge in [-0.15, -0.1) is 0 Å². The van der Waals surface area contributed by atoms with Crippen LogP contribution < -0.4 is 15.1 Å². The largest absolute Gasteiger partial charge is 0.489 e. The van der Waals surface area contributed by atoms with Crippen LogP contribution in [0.1, 0.15) is 30.0 Å². The van der Waals surface area contributed by atoms with Crippen LogP contribution in [0.5, 0.6) is 5.75 Å². The molecular weight excluding hydrogens is 485 g/mol. The second kappa shape index (κ2) is 11.4. The molecule has 0 unspecified atom stereocenters. The Morgan fingerprint density at radius 1 is 1.14 bits per heavy atom. The Bertz CT molecular complexity index is 1240. The number of ether oxygens (including phenoxy) is 1. The summed E-state index contributed by atoms with van der Waals surface area (Å²) in [6, 6.07) is 20.4. The second-order valence-electron chi connectivity index (χ2n) is 8.26. The molecule has 3 aromatic carbocycles. The molecule has 3 aromatic rings. The number of nitrogens with zero attached hydrogens (tertiary/aromatic N) is 2. The highest BCUT2D eigenvalue weighted by Crippen LogP contribution is 2.26. The van der Waals surface area contributed by atoms with Crippen molar-refractivity contribution in [2.24, 2.45) is 11.0 Å². The van der Waals surface area contributed by atoms with E-state index in [9.17, 15) is 9.59 Å². The first-order valence-electron chi connectivity index (χ1n) is 11.3. The van der Waals surface area contributed by atoms with Crippen LogP contribution in [0, 0.1) is 5.92 Å². The predicted octanol–water partition coefficient (Wildman–Crippen LogP) is 5.64. The molecule has 0 aromatic heterocycles. The number of carbonyl (C=O) groups excluding carboxylic acids is 2. The molecule has 2 amide bonds. The smallest absolute Gasteiger partial charge is 0.245 e. The normalized spacial score (nSPS) is 15.6. The van der Waals surface area contributed by atoms with Gasteiger partial charge in [0.05, 0.1) is 12.1 Å². The van der Waals surface area contributed by atoms with Gasteiger partial charge in [0.2, 0.25) is 11.8 Å². The number of halogens is 2. The first kappa shape index (κ1) is 24.8. The van der Waals surface area contributed by atoms with Gasteiger partial charge in [0, 0.05) is 34.3 Å². The van der Waals surface area contributed by atoms with Crippen LogP contribution in [0.25, 0.3) is 0 Å². The first-order valence-corrected chi connectivity index (χ1v) is 12.1. The van der Waals surface area contributed by atoms with Crippen LogP contribution in [-0.2, 0) is 22.6 Å². The number of carbonyl (C=O) groups is 2. The van der Waals surface area contributed by atoms with Crippen LogP contribution in [0.3, 0.4) is 0 Å². The molecule has 0 bridgehead atoms. The molecule has 1 aliphatic heterocycles. The zero-order chi connectivity index (χ0) is 24.8. The standard InChI is InChI=1S/C27H25Cl2N3O3/c1-2-18-6-10-23(11-7-18)32-16-21(13-26(32)33)27(34)31-30-15-19-4-3-5-24(12-19)35-17-20-8-9-22(28)14-25(20)29/h3-12,14-15,21H,2,13,16-17H2,1H3,(H,31,34)/b30-15+/t21-/m1/s1. The Morgan fingerprint density at radius 2 is 1.94 bits per heavy atom. The summed E-state index contributed by atoms with van der Waals surface area (Å²) < 4.78 is 5.82. The van der Waals surface area contributed by atoms with E-state index in [0.29, 0.717) is 28.9 Å². The highest BCUT2D eigenvalue weighted by molar-refractivity contribution is 6.35. The summed E-state index contributed by atoms with van der Waals surface area (Å²) in [5.41, 5.74) is 6.14. The first-order chi connectivity index (χ1) is 16.9. The van der Waals surface area contributed by atoms with E-state index in [4.69, 9.17) is 27.9 Å². The van der Waals surface area contributed by atoms with E-state index in [1.165, 1.54) is 11.8 Å². The predicted molar refractivity (Wildman–Crippen MR) is 139 cm³/mol. The van der Waals surface area contributed by atoms with Crippen molar-refractivity contribution in [3.63, 3.8) is 0 Å². The fraction of sp³-hybridized carbons (Fsp3) is 0.222. The lowest BCUT2D eigenvalue weighted by atomic mass is 10.1. The number of hydrazone groups is 1. The van der Waals surface area contributed by atoms with Gasteiger partial charge in [-0.1, -0.05) is 60.5 Å². The molecular formula is C27H25Cl2N3O3. The van der Waals surface area contributed by atoms with Gasteiger partial charge >= 0.3 is 0 Å². The van der Waals surface area contributed by atoms with Gasteiger partial charge in [0.25, 0.3) is 0 Å². The van der Waals surface area contributed by atoms with E-state index in [2.05, 4.69) is 17.5 Å². The van der Waals surface area contributed by atoms with Gasteiger partial charge < -0.3 is 9.64 Å². The minimum Gasteiger partial charge on any atom is -0.489 e. The Kier molecular flexibility index (Phi) is 8.06. The number of nitrogens with one attached hydrogen (secondary N) is 1. The van der Waals surface area contributed by atoms with Gasteiger partial charge in [-0.05, 0) is 53.9 Å². The minimum atomic E-state index is -0.454. The fourth-order valence-corrected chi connectivity index (χ4v) is 4.25. The summed E-state index contributed by atoms with van der Waals surface area (Å²) in [6.07, 6.45) is 2.63. The van der Waals surface area contributed by atoms with Crippen LogP contribution in [-0.4, -0.2) is 24.6 Å². The number of amides is 2. The lowest BCUT2D eigenvalue weighted by Gasteiger charge is -2.16. The Balaban J connectivity index is 1.31. The zero-order valence-electron chi connectivity index (χ0n) is 19.2. The van der Waals surface area contributed by atoms with Gasteiger partial charge in [-0.2, -0.15) is 5.10 Å².